The lowest BCUT2D eigenvalue weighted by Gasteiger charge is -2.36. The fraction of sp³-hybridized carbons (Fsp3) is 0.294. The van der Waals surface area contributed by atoms with Gasteiger partial charge in [0.25, 0.3) is 5.91 Å². The Balaban J connectivity index is 1.69. The fourth-order valence-electron chi connectivity index (χ4n) is 2.76. The van der Waals surface area contributed by atoms with Crippen molar-refractivity contribution in [1.82, 2.24) is 9.47 Å². The number of hydrogen-bond donors (Lipinski definition) is 0. The Bertz CT molecular complexity index is 779. The van der Waals surface area contributed by atoms with E-state index in [0.29, 0.717) is 37.4 Å². The van der Waals surface area contributed by atoms with Gasteiger partial charge in [0.2, 0.25) is 5.56 Å². The predicted octanol–water partition coefficient (Wildman–Crippen LogP) is 1.49. The lowest BCUT2D eigenvalue weighted by Crippen LogP contribution is -2.49. The number of amides is 1. The average Bonchev–Trinajstić information content (AvgIpc) is 2.57. The van der Waals surface area contributed by atoms with Crippen LogP contribution in [-0.4, -0.2) is 41.6 Å². The second-order valence-electron chi connectivity index (χ2n) is 5.60. The molecule has 3 rings (SSSR count). The summed E-state index contributed by atoms with van der Waals surface area (Å²) in [6, 6.07) is 9.60. The molecule has 2 heterocycles. The molecule has 0 radical (unpaired) electrons. The minimum Gasteiger partial charge on any atom is -0.366 e. The fourth-order valence-corrected chi connectivity index (χ4v) is 2.76. The molecular weight excluding hydrogens is 297 g/mol. The topological polar surface area (TPSA) is 45.6 Å². The molecule has 1 saturated heterocycles. The molecule has 1 aliphatic heterocycles. The van der Waals surface area contributed by atoms with E-state index in [0.717, 1.165) is 0 Å². The Morgan fingerprint density at radius 1 is 1.04 bits per heavy atom. The third kappa shape index (κ3) is 3.11. The van der Waals surface area contributed by atoms with Crippen LogP contribution >= 0.6 is 0 Å². The van der Waals surface area contributed by atoms with E-state index in [4.69, 9.17) is 0 Å². The number of rotatable bonds is 2. The lowest BCUT2D eigenvalue weighted by molar-refractivity contribution is 0.0745. The van der Waals surface area contributed by atoms with Crippen LogP contribution in [0.15, 0.2) is 47.4 Å². The summed E-state index contributed by atoms with van der Waals surface area (Å²) < 4.78 is 15.2. The zero-order valence-electron chi connectivity index (χ0n) is 12.9. The van der Waals surface area contributed by atoms with E-state index >= 15 is 0 Å². The summed E-state index contributed by atoms with van der Waals surface area (Å²) in [4.78, 5) is 27.6. The maximum absolute atomic E-state index is 13.8. The second-order valence-corrected chi connectivity index (χ2v) is 5.60. The summed E-state index contributed by atoms with van der Waals surface area (Å²) in [6.45, 7) is 2.21. The highest BCUT2D eigenvalue weighted by Gasteiger charge is 2.23. The normalized spacial score (nSPS) is 14.9. The number of benzene rings is 1. The van der Waals surface area contributed by atoms with Crippen molar-refractivity contribution in [2.75, 3.05) is 31.1 Å². The zero-order valence-corrected chi connectivity index (χ0v) is 12.9. The molecule has 0 atom stereocenters. The van der Waals surface area contributed by atoms with Crippen LogP contribution in [0.25, 0.3) is 0 Å². The van der Waals surface area contributed by atoms with Crippen LogP contribution in [-0.2, 0) is 7.05 Å². The lowest BCUT2D eigenvalue weighted by atomic mass is 10.2. The van der Waals surface area contributed by atoms with Crippen molar-refractivity contribution in [2.24, 2.45) is 7.05 Å². The molecule has 6 heteroatoms. The Kier molecular flexibility index (Phi) is 4.14. The minimum absolute atomic E-state index is 0.103. The summed E-state index contributed by atoms with van der Waals surface area (Å²) in [5, 5.41) is 0. The summed E-state index contributed by atoms with van der Waals surface area (Å²) in [7, 11) is 1.62. The van der Waals surface area contributed by atoms with Crippen LogP contribution in [0, 0.1) is 5.82 Å². The van der Waals surface area contributed by atoms with Crippen molar-refractivity contribution in [2.45, 2.75) is 0 Å². The molecule has 0 bridgehead atoms. The molecule has 0 saturated carbocycles. The molecule has 1 aliphatic rings. The van der Waals surface area contributed by atoms with Crippen LogP contribution in [0.3, 0.4) is 0 Å². The van der Waals surface area contributed by atoms with Gasteiger partial charge >= 0.3 is 0 Å². The van der Waals surface area contributed by atoms with E-state index in [-0.39, 0.29) is 17.3 Å². The van der Waals surface area contributed by atoms with Gasteiger partial charge in [-0.25, -0.2) is 4.39 Å². The highest BCUT2D eigenvalue weighted by atomic mass is 19.1. The second kappa shape index (κ2) is 6.24. The van der Waals surface area contributed by atoms with E-state index in [1.807, 2.05) is 4.90 Å². The number of para-hydroxylation sites is 1. The largest absolute Gasteiger partial charge is 0.366 e. The number of piperazine rings is 1. The van der Waals surface area contributed by atoms with E-state index < -0.39 is 0 Å². The van der Waals surface area contributed by atoms with E-state index in [9.17, 15) is 14.0 Å². The Hall–Kier alpha value is -2.63. The van der Waals surface area contributed by atoms with Gasteiger partial charge in [0.1, 0.15) is 5.82 Å². The summed E-state index contributed by atoms with van der Waals surface area (Å²) >= 11 is 0. The SMILES string of the molecule is Cn1cc(C(=O)N2CCN(c3ccccc3F)CC2)ccc1=O. The molecule has 1 amide bonds. The first kappa shape index (κ1) is 15.3. The van der Waals surface area contributed by atoms with Crippen molar-refractivity contribution in [3.05, 3.63) is 64.3 Å². The van der Waals surface area contributed by atoms with Gasteiger partial charge in [0, 0.05) is 45.5 Å². The maximum atomic E-state index is 13.8. The number of hydrogen-bond acceptors (Lipinski definition) is 3. The van der Waals surface area contributed by atoms with Crippen molar-refractivity contribution >= 4 is 11.6 Å². The smallest absolute Gasteiger partial charge is 0.255 e. The van der Waals surface area contributed by atoms with Gasteiger partial charge in [-0.1, -0.05) is 12.1 Å². The number of aryl methyl sites for hydroxylation is 1. The van der Waals surface area contributed by atoms with Gasteiger partial charge in [-0.3, -0.25) is 9.59 Å². The van der Waals surface area contributed by atoms with Gasteiger partial charge in [-0.2, -0.15) is 0 Å². The van der Waals surface area contributed by atoms with Crippen molar-refractivity contribution in [3.63, 3.8) is 0 Å². The van der Waals surface area contributed by atoms with Gasteiger partial charge in [-0.05, 0) is 18.2 Å². The number of pyridine rings is 1. The molecule has 5 nitrogen and oxygen atoms in total. The van der Waals surface area contributed by atoms with E-state index in [2.05, 4.69) is 0 Å². The third-order valence-electron chi connectivity index (χ3n) is 4.09. The molecule has 1 fully saturated rings. The first-order chi connectivity index (χ1) is 11.1. The third-order valence-corrected chi connectivity index (χ3v) is 4.09. The number of carbonyl (C=O) groups excluding carboxylic acids is 1. The highest BCUT2D eigenvalue weighted by molar-refractivity contribution is 5.94. The van der Waals surface area contributed by atoms with Crippen molar-refractivity contribution < 1.29 is 9.18 Å². The van der Waals surface area contributed by atoms with Crippen LogP contribution in [0.2, 0.25) is 0 Å². The van der Waals surface area contributed by atoms with Crippen LogP contribution < -0.4 is 10.5 Å². The zero-order chi connectivity index (χ0) is 16.4. The van der Waals surface area contributed by atoms with Crippen molar-refractivity contribution in [3.8, 4) is 0 Å². The van der Waals surface area contributed by atoms with Gasteiger partial charge < -0.3 is 14.4 Å². The molecule has 120 valence electrons. The summed E-state index contributed by atoms with van der Waals surface area (Å²) in [5.74, 6) is -0.348. The number of halogens is 1. The molecule has 23 heavy (non-hydrogen) atoms. The average molecular weight is 315 g/mol. The number of anilines is 1. The standard InChI is InChI=1S/C17H18FN3O2/c1-19-12-13(6-7-16(19)22)17(23)21-10-8-20(9-11-21)15-5-3-2-4-14(15)18/h2-7,12H,8-11H2,1H3. The molecular formula is C17H18FN3O2. The monoisotopic (exact) mass is 315 g/mol. The molecule has 1 aromatic carbocycles. The minimum atomic E-state index is -0.245. The van der Waals surface area contributed by atoms with E-state index in [1.54, 1.807) is 42.4 Å². The molecule has 0 unspecified atom stereocenters. The van der Waals surface area contributed by atoms with Crippen molar-refractivity contribution in [1.29, 1.82) is 0 Å². The molecule has 0 aliphatic carbocycles. The van der Waals surface area contributed by atoms with E-state index in [1.165, 1.54) is 16.7 Å². The first-order valence-corrected chi connectivity index (χ1v) is 7.52. The number of aromatic nitrogens is 1. The Morgan fingerprint density at radius 3 is 2.39 bits per heavy atom. The van der Waals surface area contributed by atoms with Gasteiger partial charge in [0.05, 0.1) is 11.3 Å². The molecule has 2 aromatic rings. The molecule has 1 aromatic heterocycles. The number of carbonyl (C=O) groups is 1. The predicted molar refractivity (Wildman–Crippen MR) is 86.2 cm³/mol. The Morgan fingerprint density at radius 2 is 1.74 bits per heavy atom. The number of nitrogens with zero attached hydrogens (tertiary/aromatic N) is 3. The molecule has 0 N–H and O–H groups in total. The summed E-state index contributed by atoms with van der Waals surface area (Å²) in [6.07, 6.45) is 1.55. The van der Waals surface area contributed by atoms with Gasteiger partial charge in [0.15, 0.2) is 0 Å². The van der Waals surface area contributed by atoms with Gasteiger partial charge in [-0.15, -0.1) is 0 Å². The van der Waals surface area contributed by atoms with Crippen LogP contribution in [0.4, 0.5) is 10.1 Å². The quantitative estimate of drug-likeness (QED) is 0.843. The highest BCUT2D eigenvalue weighted by Crippen LogP contribution is 2.20. The molecule has 0 spiro atoms. The van der Waals surface area contributed by atoms with Crippen LogP contribution in [0.1, 0.15) is 10.4 Å². The Labute approximate surface area is 133 Å². The summed E-state index contributed by atoms with van der Waals surface area (Å²) in [5.41, 5.74) is 0.916. The first-order valence-electron chi connectivity index (χ1n) is 7.52. The van der Waals surface area contributed by atoms with Crippen LogP contribution in [0.5, 0.6) is 0 Å². The maximum Gasteiger partial charge on any atom is 0.255 e.